The highest BCUT2D eigenvalue weighted by molar-refractivity contribution is 5.92. The van der Waals surface area contributed by atoms with Crippen LogP contribution in [0.5, 0.6) is 0 Å². The van der Waals surface area contributed by atoms with E-state index in [9.17, 15) is 0 Å². The van der Waals surface area contributed by atoms with Crippen LogP contribution >= 0.6 is 0 Å². The summed E-state index contributed by atoms with van der Waals surface area (Å²) in [7, 11) is 0. The van der Waals surface area contributed by atoms with Crippen LogP contribution in [-0.4, -0.2) is 11.6 Å². The molecule has 1 aromatic heterocycles. The van der Waals surface area contributed by atoms with E-state index in [1.807, 2.05) is 24.3 Å². The van der Waals surface area contributed by atoms with Crippen LogP contribution in [0.4, 0.5) is 5.69 Å². The minimum atomic E-state index is 0.614. The van der Waals surface area contributed by atoms with Gasteiger partial charge in [-0.2, -0.15) is 0 Å². The van der Waals surface area contributed by atoms with Crippen molar-refractivity contribution in [1.82, 2.24) is 4.98 Å². The monoisotopic (exact) mass is 286 g/mol. The van der Waals surface area contributed by atoms with Gasteiger partial charge in [-0.05, 0) is 24.6 Å². The molecule has 0 atom stereocenters. The van der Waals surface area contributed by atoms with Gasteiger partial charge in [0.05, 0.1) is 12.1 Å². The number of hydrogen-bond acceptors (Lipinski definition) is 3. The fourth-order valence-corrected chi connectivity index (χ4v) is 2.54. The lowest BCUT2D eigenvalue weighted by Crippen LogP contribution is -1.99. The first-order valence-corrected chi connectivity index (χ1v) is 8.02. The third-order valence-corrected chi connectivity index (χ3v) is 3.79. The van der Waals surface area contributed by atoms with Gasteiger partial charge in [0.15, 0.2) is 0 Å². The van der Waals surface area contributed by atoms with E-state index in [0.717, 1.165) is 35.2 Å². The number of pyridine rings is 1. The van der Waals surface area contributed by atoms with Gasteiger partial charge >= 0.3 is 0 Å². The fraction of sp³-hybridized carbons (Fsp3) is 0.500. The largest absolute Gasteiger partial charge is 0.398 e. The van der Waals surface area contributed by atoms with Crippen molar-refractivity contribution in [3.8, 4) is 0 Å². The Morgan fingerprint density at radius 2 is 1.86 bits per heavy atom. The van der Waals surface area contributed by atoms with E-state index >= 15 is 0 Å². The number of benzene rings is 1. The molecule has 0 aliphatic carbocycles. The fourth-order valence-electron chi connectivity index (χ4n) is 2.54. The lowest BCUT2D eigenvalue weighted by molar-refractivity contribution is 0.117. The first-order chi connectivity index (χ1) is 10.3. The topological polar surface area (TPSA) is 48.1 Å². The molecule has 0 aliphatic rings. The highest BCUT2D eigenvalue weighted by Crippen LogP contribution is 2.23. The predicted octanol–water partition coefficient (Wildman–Crippen LogP) is 4.69. The maximum atomic E-state index is 5.98. The normalized spacial score (nSPS) is 11.1. The van der Waals surface area contributed by atoms with Crippen molar-refractivity contribution < 1.29 is 4.74 Å². The summed E-state index contributed by atoms with van der Waals surface area (Å²) in [6.45, 7) is 3.68. The molecule has 3 heteroatoms. The summed E-state index contributed by atoms with van der Waals surface area (Å²) in [6.07, 6.45) is 9.54. The molecule has 0 aliphatic heterocycles. The maximum Gasteiger partial charge on any atom is 0.0777 e. The van der Waals surface area contributed by atoms with E-state index in [4.69, 9.17) is 10.5 Å². The SMILES string of the molecule is CCCCCCCCOCc1ccc(N)c2cccnc12. The van der Waals surface area contributed by atoms with Gasteiger partial charge in [0.1, 0.15) is 0 Å². The van der Waals surface area contributed by atoms with E-state index in [1.165, 1.54) is 32.1 Å². The highest BCUT2D eigenvalue weighted by Gasteiger charge is 2.05. The molecule has 0 bridgehead atoms. The number of nitrogen functional groups attached to an aromatic ring is 1. The summed E-state index contributed by atoms with van der Waals surface area (Å²) in [6, 6.07) is 7.88. The second-order valence-electron chi connectivity index (χ2n) is 5.53. The first-order valence-electron chi connectivity index (χ1n) is 8.02. The molecule has 0 saturated heterocycles. The first kappa shape index (κ1) is 15.8. The van der Waals surface area contributed by atoms with E-state index < -0.39 is 0 Å². The lowest BCUT2D eigenvalue weighted by atomic mass is 10.1. The molecule has 114 valence electrons. The lowest BCUT2D eigenvalue weighted by Gasteiger charge is -2.09. The zero-order chi connectivity index (χ0) is 14.9. The van der Waals surface area contributed by atoms with Gasteiger partial charge in [-0.1, -0.05) is 45.1 Å². The number of rotatable bonds is 9. The second kappa shape index (κ2) is 8.63. The number of fused-ring (bicyclic) bond motifs is 1. The summed E-state index contributed by atoms with van der Waals surface area (Å²) in [5.41, 5.74) is 8.83. The van der Waals surface area contributed by atoms with E-state index in [-0.39, 0.29) is 0 Å². The number of ether oxygens (including phenoxy) is 1. The molecule has 1 heterocycles. The van der Waals surface area contributed by atoms with Gasteiger partial charge < -0.3 is 10.5 Å². The third kappa shape index (κ3) is 4.71. The van der Waals surface area contributed by atoms with Crippen LogP contribution in [0.25, 0.3) is 10.9 Å². The van der Waals surface area contributed by atoms with Crippen LogP contribution in [0.3, 0.4) is 0 Å². The van der Waals surface area contributed by atoms with Crippen LogP contribution in [-0.2, 0) is 11.3 Å². The van der Waals surface area contributed by atoms with E-state index in [2.05, 4.69) is 11.9 Å². The molecule has 0 radical (unpaired) electrons. The number of unbranched alkanes of at least 4 members (excludes halogenated alkanes) is 5. The molecular weight excluding hydrogens is 260 g/mol. The minimum absolute atomic E-state index is 0.614. The van der Waals surface area contributed by atoms with Gasteiger partial charge in [0.2, 0.25) is 0 Å². The number of nitrogens with zero attached hydrogens (tertiary/aromatic N) is 1. The Bertz CT molecular complexity index is 554. The predicted molar refractivity (Wildman–Crippen MR) is 89.2 cm³/mol. The van der Waals surface area contributed by atoms with Gasteiger partial charge in [-0.25, -0.2) is 0 Å². The van der Waals surface area contributed by atoms with Gasteiger partial charge in [0, 0.05) is 29.4 Å². The molecule has 2 N–H and O–H groups in total. The van der Waals surface area contributed by atoms with Gasteiger partial charge in [0.25, 0.3) is 0 Å². The molecule has 0 saturated carbocycles. The van der Waals surface area contributed by atoms with Crippen LogP contribution < -0.4 is 5.73 Å². The Balaban J connectivity index is 1.78. The Labute approximate surface area is 127 Å². The Kier molecular flexibility index (Phi) is 6.48. The number of hydrogen-bond donors (Lipinski definition) is 1. The number of nitrogens with two attached hydrogens (primary N) is 1. The zero-order valence-corrected chi connectivity index (χ0v) is 13.0. The quantitative estimate of drug-likeness (QED) is 0.537. The standard InChI is InChI=1S/C18H26N2O/c1-2-3-4-5-6-7-13-21-14-15-10-11-17(19)16-9-8-12-20-18(15)16/h8-12H,2-7,13-14,19H2,1H3. The zero-order valence-electron chi connectivity index (χ0n) is 13.0. The van der Waals surface area contributed by atoms with E-state index in [1.54, 1.807) is 6.20 Å². The molecule has 0 amide bonds. The van der Waals surface area contributed by atoms with Gasteiger partial charge in [-0.15, -0.1) is 0 Å². The van der Waals surface area contributed by atoms with E-state index in [0.29, 0.717) is 6.61 Å². The molecule has 2 rings (SSSR count). The highest BCUT2D eigenvalue weighted by atomic mass is 16.5. The Morgan fingerprint density at radius 3 is 2.71 bits per heavy atom. The number of anilines is 1. The third-order valence-electron chi connectivity index (χ3n) is 3.79. The summed E-state index contributed by atoms with van der Waals surface area (Å²) in [5.74, 6) is 0. The Hall–Kier alpha value is -1.61. The molecule has 3 nitrogen and oxygen atoms in total. The minimum Gasteiger partial charge on any atom is -0.398 e. The second-order valence-corrected chi connectivity index (χ2v) is 5.53. The average Bonchev–Trinajstić information content (AvgIpc) is 2.52. The van der Waals surface area contributed by atoms with Crippen molar-refractivity contribution in [3.63, 3.8) is 0 Å². The average molecular weight is 286 g/mol. The molecule has 0 unspecified atom stereocenters. The summed E-state index contributed by atoms with van der Waals surface area (Å²) >= 11 is 0. The summed E-state index contributed by atoms with van der Waals surface area (Å²) in [5, 5.41) is 1.01. The molecule has 0 spiro atoms. The number of aromatic nitrogens is 1. The van der Waals surface area contributed by atoms with Crippen LogP contribution in [0.15, 0.2) is 30.5 Å². The summed E-state index contributed by atoms with van der Waals surface area (Å²) < 4.78 is 5.79. The van der Waals surface area contributed by atoms with Crippen molar-refractivity contribution in [1.29, 1.82) is 0 Å². The maximum absolute atomic E-state index is 5.98. The summed E-state index contributed by atoms with van der Waals surface area (Å²) in [4.78, 5) is 4.43. The molecule has 2 aromatic rings. The smallest absolute Gasteiger partial charge is 0.0777 e. The van der Waals surface area contributed by atoms with Gasteiger partial charge in [-0.3, -0.25) is 4.98 Å². The molecule has 21 heavy (non-hydrogen) atoms. The Morgan fingerprint density at radius 1 is 1.05 bits per heavy atom. The van der Waals surface area contributed by atoms with Crippen LogP contribution in [0.1, 0.15) is 51.0 Å². The van der Waals surface area contributed by atoms with Crippen molar-refractivity contribution in [2.24, 2.45) is 0 Å². The molecule has 0 fully saturated rings. The van der Waals surface area contributed by atoms with Crippen molar-refractivity contribution in [2.45, 2.75) is 52.1 Å². The van der Waals surface area contributed by atoms with Crippen LogP contribution in [0.2, 0.25) is 0 Å². The van der Waals surface area contributed by atoms with Crippen LogP contribution in [0, 0.1) is 0 Å². The van der Waals surface area contributed by atoms with Crippen molar-refractivity contribution >= 4 is 16.6 Å². The molecular formula is C18H26N2O. The van der Waals surface area contributed by atoms with Crippen molar-refractivity contribution in [3.05, 3.63) is 36.0 Å². The van der Waals surface area contributed by atoms with Crippen molar-refractivity contribution in [2.75, 3.05) is 12.3 Å². The molecule has 1 aromatic carbocycles.